The Balaban J connectivity index is 2.06. The first-order valence-electron chi connectivity index (χ1n) is 5.43. The number of nitrogens with two attached hydrogens (primary N) is 1. The van der Waals surface area contributed by atoms with Crippen molar-refractivity contribution >= 4 is 27.3 Å². The van der Waals surface area contributed by atoms with E-state index in [9.17, 15) is 0 Å². The van der Waals surface area contributed by atoms with Gasteiger partial charge in [-0.25, -0.2) is 0 Å². The Labute approximate surface area is 99.6 Å². The Morgan fingerprint density at radius 3 is 2.73 bits per heavy atom. The van der Waals surface area contributed by atoms with E-state index < -0.39 is 0 Å². The first-order valence-corrected chi connectivity index (χ1v) is 6.22. The molecule has 82 valence electrons. The minimum Gasteiger partial charge on any atom is -0.399 e. The summed E-state index contributed by atoms with van der Waals surface area (Å²) in [7, 11) is 2.15. The minimum atomic E-state index is 0.808. The molecule has 0 aliphatic heterocycles. The summed E-state index contributed by atoms with van der Waals surface area (Å²) in [4.78, 5) is 2.31. The van der Waals surface area contributed by atoms with Crippen LogP contribution in [-0.2, 0) is 0 Å². The normalized spacial score (nSPS) is 16.1. The van der Waals surface area contributed by atoms with E-state index >= 15 is 0 Å². The highest BCUT2D eigenvalue weighted by atomic mass is 79.9. The van der Waals surface area contributed by atoms with E-state index in [4.69, 9.17) is 5.73 Å². The fourth-order valence-corrected chi connectivity index (χ4v) is 2.69. The number of benzene rings is 1. The van der Waals surface area contributed by atoms with Crippen LogP contribution in [0.15, 0.2) is 22.7 Å². The fraction of sp³-hybridized carbons (Fsp3) is 0.500. The van der Waals surface area contributed by atoms with Crippen molar-refractivity contribution < 1.29 is 0 Å². The molecule has 0 aromatic heterocycles. The van der Waals surface area contributed by atoms with Crippen molar-refractivity contribution in [2.45, 2.75) is 19.3 Å². The van der Waals surface area contributed by atoms with Crippen LogP contribution in [0.2, 0.25) is 0 Å². The molecule has 2 rings (SSSR count). The number of hydrogen-bond donors (Lipinski definition) is 1. The molecule has 2 N–H and O–H groups in total. The molecule has 0 saturated heterocycles. The number of anilines is 2. The zero-order chi connectivity index (χ0) is 10.8. The van der Waals surface area contributed by atoms with Crippen LogP contribution < -0.4 is 10.6 Å². The summed E-state index contributed by atoms with van der Waals surface area (Å²) >= 11 is 3.56. The third-order valence-electron chi connectivity index (χ3n) is 3.14. The second-order valence-electron chi connectivity index (χ2n) is 4.39. The number of nitrogens with zero attached hydrogens (tertiary/aromatic N) is 1. The van der Waals surface area contributed by atoms with Gasteiger partial charge in [0.2, 0.25) is 0 Å². The first kappa shape index (κ1) is 10.8. The Morgan fingerprint density at radius 1 is 1.47 bits per heavy atom. The van der Waals surface area contributed by atoms with Crippen molar-refractivity contribution in [3.63, 3.8) is 0 Å². The van der Waals surface area contributed by atoms with Crippen LogP contribution in [-0.4, -0.2) is 13.6 Å². The molecule has 2 nitrogen and oxygen atoms in total. The average molecular weight is 269 g/mol. The van der Waals surface area contributed by atoms with Gasteiger partial charge in [0.05, 0.1) is 5.69 Å². The van der Waals surface area contributed by atoms with E-state index in [2.05, 4.69) is 33.9 Å². The SMILES string of the molecule is CN(CC1CCC1)c1ccc(N)cc1Br. The molecule has 1 aliphatic rings. The largest absolute Gasteiger partial charge is 0.399 e. The lowest BCUT2D eigenvalue weighted by molar-refractivity contribution is 0.321. The molecule has 0 atom stereocenters. The summed E-state index contributed by atoms with van der Waals surface area (Å²) in [6.45, 7) is 1.16. The third kappa shape index (κ3) is 2.46. The third-order valence-corrected chi connectivity index (χ3v) is 3.77. The highest BCUT2D eigenvalue weighted by molar-refractivity contribution is 9.10. The van der Waals surface area contributed by atoms with Crippen LogP contribution in [0.4, 0.5) is 11.4 Å². The molecule has 0 bridgehead atoms. The molecule has 15 heavy (non-hydrogen) atoms. The predicted molar refractivity (Wildman–Crippen MR) is 69.2 cm³/mol. The van der Waals surface area contributed by atoms with Crippen molar-refractivity contribution in [3.8, 4) is 0 Å². The lowest BCUT2D eigenvalue weighted by Crippen LogP contribution is -2.29. The van der Waals surface area contributed by atoms with Crippen molar-refractivity contribution in [3.05, 3.63) is 22.7 Å². The zero-order valence-electron chi connectivity index (χ0n) is 9.04. The molecule has 1 fully saturated rings. The number of nitrogen functional groups attached to an aromatic ring is 1. The summed E-state index contributed by atoms with van der Waals surface area (Å²) in [5.74, 6) is 0.888. The maximum absolute atomic E-state index is 5.72. The van der Waals surface area contributed by atoms with Crippen LogP contribution >= 0.6 is 15.9 Å². The predicted octanol–water partition coefficient (Wildman–Crippen LogP) is 3.27. The van der Waals surface area contributed by atoms with Crippen LogP contribution in [0.3, 0.4) is 0 Å². The topological polar surface area (TPSA) is 29.3 Å². The van der Waals surface area contributed by atoms with E-state index in [1.807, 2.05) is 12.1 Å². The Morgan fingerprint density at radius 2 is 2.20 bits per heavy atom. The minimum absolute atomic E-state index is 0.808. The maximum atomic E-state index is 5.72. The van der Waals surface area contributed by atoms with E-state index in [1.165, 1.54) is 24.9 Å². The second-order valence-corrected chi connectivity index (χ2v) is 5.24. The smallest absolute Gasteiger partial charge is 0.0509 e. The number of hydrogen-bond acceptors (Lipinski definition) is 2. The average Bonchev–Trinajstić information content (AvgIpc) is 2.11. The van der Waals surface area contributed by atoms with E-state index in [0.29, 0.717) is 0 Å². The Hall–Kier alpha value is -0.700. The van der Waals surface area contributed by atoms with Gasteiger partial charge in [-0.1, -0.05) is 6.42 Å². The fourth-order valence-electron chi connectivity index (χ4n) is 1.99. The zero-order valence-corrected chi connectivity index (χ0v) is 10.6. The first-order chi connectivity index (χ1) is 7.16. The van der Waals surface area contributed by atoms with Crippen LogP contribution in [0.25, 0.3) is 0 Å². The van der Waals surface area contributed by atoms with Gasteiger partial charge in [0, 0.05) is 23.8 Å². The maximum Gasteiger partial charge on any atom is 0.0509 e. The molecule has 0 radical (unpaired) electrons. The Kier molecular flexibility index (Phi) is 3.19. The highest BCUT2D eigenvalue weighted by Gasteiger charge is 2.19. The van der Waals surface area contributed by atoms with E-state index in [0.717, 1.165) is 22.6 Å². The van der Waals surface area contributed by atoms with Gasteiger partial charge in [-0.3, -0.25) is 0 Å². The van der Waals surface area contributed by atoms with Crippen LogP contribution in [0.5, 0.6) is 0 Å². The monoisotopic (exact) mass is 268 g/mol. The summed E-state index contributed by atoms with van der Waals surface area (Å²) in [5, 5.41) is 0. The Bertz CT molecular complexity index is 347. The lowest BCUT2D eigenvalue weighted by Gasteiger charge is -2.31. The molecule has 0 heterocycles. The lowest BCUT2D eigenvalue weighted by atomic mass is 9.85. The molecule has 1 aliphatic carbocycles. The molecule has 0 unspecified atom stereocenters. The van der Waals surface area contributed by atoms with Crippen LogP contribution in [0.1, 0.15) is 19.3 Å². The van der Waals surface area contributed by atoms with Gasteiger partial charge in [0.15, 0.2) is 0 Å². The number of rotatable bonds is 3. The van der Waals surface area contributed by atoms with Crippen molar-refractivity contribution in [1.82, 2.24) is 0 Å². The van der Waals surface area contributed by atoms with Gasteiger partial charge in [-0.2, -0.15) is 0 Å². The van der Waals surface area contributed by atoms with Gasteiger partial charge < -0.3 is 10.6 Å². The van der Waals surface area contributed by atoms with E-state index in [1.54, 1.807) is 0 Å². The van der Waals surface area contributed by atoms with Gasteiger partial charge in [0.1, 0.15) is 0 Å². The molecule has 1 aromatic carbocycles. The second kappa shape index (κ2) is 4.44. The molecular formula is C12H17BrN2. The van der Waals surface area contributed by atoms with Crippen molar-refractivity contribution in [2.75, 3.05) is 24.2 Å². The van der Waals surface area contributed by atoms with Crippen LogP contribution in [0, 0.1) is 5.92 Å². The summed E-state index contributed by atoms with van der Waals surface area (Å²) in [5.41, 5.74) is 7.76. The van der Waals surface area contributed by atoms with Gasteiger partial charge >= 0.3 is 0 Å². The summed E-state index contributed by atoms with van der Waals surface area (Å²) < 4.78 is 1.09. The van der Waals surface area contributed by atoms with Gasteiger partial charge in [-0.05, 0) is 52.9 Å². The molecule has 3 heteroatoms. The molecule has 1 aromatic rings. The molecule has 0 spiro atoms. The summed E-state index contributed by atoms with van der Waals surface area (Å²) in [6, 6.07) is 6.00. The van der Waals surface area contributed by atoms with Gasteiger partial charge in [0.25, 0.3) is 0 Å². The molecule has 1 saturated carbocycles. The standard InChI is InChI=1S/C12H17BrN2/c1-15(8-9-3-2-4-9)12-6-5-10(14)7-11(12)13/h5-7,9H,2-4,8,14H2,1H3. The molecule has 0 amide bonds. The van der Waals surface area contributed by atoms with E-state index in [-0.39, 0.29) is 0 Å². The quantitative estimate of drug-likeness (QED) is 0.853. The number of halogens is 1. The molecular weight excluding hydrogens is 252 g/mol. The van der Waals surface area contributed by atoms with Gasteiger partial charge in [-0.15, -0.1) is 0 Å². The summed E-state index contributed by atoms with van der Waals surface area (Å²) in [6.07, 6.45) is 4.18. The van der Waals surface area contributed by atoms with Crippen molar-refractivity contribution in [1.29, 1.82) is 0 Å². The van der Waals surface area contributed by atoms with Crippen molar-refractivity contribution in [2.24, 2.45) is 5.92 Å². The highest BCUT2D eigenvalue weighted by Crippen LogP contribution is 2.32.